The molecule has 0 radical (unpaired) electrons. The van der Waals surface area contributed by atoms with E-state index in [1.807, 2.05) is 0 Å². The molecule has 1 aromatic heterocycles. The highest BCUT2D eigenvalue weighted by Crippen LogP contribution is 2.21. The first kappa shape index (κ1) is 8.55. The van der Waals surface area contributed by atoms with Crippen LogP contribution in [0, 0.1) is 5.82 Å². The van der Waals surface area contributed by atoms with Gasteiger partial charge < -0.3 is 15.4 Å². The molecule has 0 aliphatic carbocycles. The summed E-state index contributed by atoms with van der Waals surface area (Å²) in [5.41, 5.74) is 5.40. The lowest BCUT2D eigenvalue weighted by Crippen LogP contribution is -2.11. The van der Waals surface area contributed by atoms with Crippen LogP contribution in [0.2, 0.25) is 0 Å². The normalized spacial score (nSPS) is 12.2. The fraction of sp³-hybridized carbons (Fsp3) is 0. The number of rotatable bonds is 1. The van der Waals surface area contributed by atoms with E-state index in [1.165, 1.54) is 12.1 Å². The Morgan fingerprint density at radius 1 is 1.50 bits per heavy atom. The second-order valence-corrected chi connectivity index (χ2v) is 2.75. The second kappa shape index (κ2) is 3.02. The van der Waals surface area contributed by atoms with Crippen molar-refractivity contribution in [2.45, 2.75) is 0 Å². The van der Waals surface area contributed by atoms with E-state index in [1.54, 1.807) is 12.1 Å². The summed E-state index contributed by atoms with van der Waals surface area (Å²) in [5, 5.41) is 11.7. The predicted octanol–water partition coefficient (Wildman–Crippen LogP) is 1.67. The number of amidine groups is 1. The van der Waals surface area contributed by atoms with Crippen molar-refractivity contribution in [3.63, 3.8) is 0 Å². The molecule has 14 heavy (non-hydrogen) atoms. The molecule has 3 N–H and O–H groups in total. The molecule has 0 bridgehead atoms. The van der Waals surface area contributed by atoms with Crippen LogP contribution in [0.5, 0.6) is 0 Å². The van der Waals surface area contributed by atoms with Gasteiger partial charge in [0.05, 0.1) is 0 Å². The zero-order valence-corrected chi connectivity index (χ0v) is 7.07. The van der Waals surface area contributed by atoms with Crippen LogP contribution in [0.1, 0.15) is 5.76 Å². The number of oxime groups is 1. The zero-order chi connectivity index (χ0) is 10.1. The van der Waals surface area contributed by atoms with E-state index in [-0.39, 0.29) is 17.2 Å². The smallest absolute Gasteiger partial charge is 0.205 e. The standard InChI is InChI=1S/C9H7FN2O2/c10-6-3-1-2-5-4-7(9(11)12-13)14-8(5)6/h1-4,13H,(H2,11,12). The van der Waals surface area contributed by atoms with Gasteiger partial charge in [-0.25, -0.2) is 4.39 Å². The summed E-state index contributed by atoms with van der Waals surface area (Å²) < 4.78 is 18.2. The number of hydrogen-bond acceptors (Lipinski definition) is 3. The first-order chi connectivity index (χ1) is 6.72. The Morgan fingerprint density at radius 3 is 2.93 bits per heavy atom. The van der Waals surface area contributed by atoms with Crippen LogP contribution >= 0.6 is 0 Å². The third kappa shape index (κ3) is 1.19. The largest absolute Gasteiger partial charge is 0.450 e. The maximum Gasteiger partial charge on any atom is 0.205 e. The van der Waals surface area contributed by atoms with Gasteiger partial charge in [0.25, 0.3) is 0 Å². The maximum absolute atomic E-state index is 13.1. The van der Waals surface area contributed by atoms with Crippen molar-refractivity contribution in [2.24, 2.45) is 10.9 Å². The van der Waals surface area contributed by atoms with Crippen molar-refractivity contribution in [3.05, 3.63) is 35.8 Å². The minimum atomic E-state index is -0.473. The number of para-hydroxylation sites is 1. The molecule has 0 fully saturated rings. The van der Waals surface area contributed by atoms with E-state index in [9.17, 15) is 4.39 Å². The first-order valence-corrected chi connectivity index (χ1v) is 3.88. The van der Waals surface area contributed by atoms with Crippen molar-refractivity contribution in [3.8, 4) is 0 Å². The molecule has 0 saturated heterocycles. The van der Waals surface area contributed by atoms with Gasteiger partial charge in [-0.05, 0) is 12.1 Å². The molecule has 5 heteroatoms. The zero-order valence-electron chi connectivity index (χ0n) is 7.07. The monoisotopic (exact) mass is 194 g/mol. The summed E-state index contributed by atoms with van der Waals surface area (Å²) >= 11 is 0. The van der Waals surface area contributed by atoms with Gasteiger partial charge >= 0.3 is 0 Å². The fourth-order valence-corrected chi connectivity index (χ4v) is 1.20. The second-order valence-electron chi connectivity index (χ2n) is 2.75. The van der Waals surface area contributed by atoms with Crippen molar-refractivity contribution in [1.29, 1.82) is 0 Å². The molecule has 0 saturated carbocycles. The van der Waals surface area contributed by atoms with Crippen LogP contribution < -0.4 is 5.73 Å². The third-order valence-corrected chi connectivity index (χ3v) is 1.86. The number of nitrogens with zero attached hydrogens (tertiary/aromatic N) is 1. The fourth-order valence-electron chi connectivity index (χ4n) is 1.20. The lowest BCUT2D eigenvalue weighted by atomic mass is 10.2. The molecular weight excluding hydrogens is 187 g/mol. The van der Waals surface area contributed by atoms with Crippen molar-refractivity contribution in [2.75, 3.05) is 0 Å². The summed E-state index contributed by atoms with van der Waals surface area (Å²) in [7, 11) is 0. The summed E-state index contributed by atoms with van der Waals surface area (Å²) in [4.78, 5) is 0. The van der Waals surface area contributed by atoms with E-state index in [4.69, 9.17) is 15.4 Å². The number of fused-ring (bicyclic) bond motifs is 1. The lowest BCUT2D eigenvalue weighted by Gasteiger charge is -1.90. The molecule has 72 valence electrons. The molecule has 0 atom stereocenters. The molecule has 0 spiro atoms. The predicted molar refractivity (Wildman–Crippen MR) is 48.7 cm³/mol. The van der Waals surface area contributed by atoms with Gasteiger partial charge in [0, 0.05) is 5.39 Å². The van der Waals surface area contributed by atoms with Gasteiger partial charge in [0.1, 0.15) is 0 Å². The first-order valence-electron chi connectivity index (χ1n) is 3.88. The molecule has 1 heterocycles. The van der Waals surface area contributed by atoms with E-state index in [2.05, 4.69) is 5.16 Å². The number of halogens is 1. The van der Waals surface area contributed by atoms with E-state index in [0.717, 1.165) is 0 Å². The molecule has 2 rings (SSSR count). The van der Waals surface area contributed by atoms with Crippen LogP contribution in [0.4, 0.5) is 4.39 Å². The highest BCUT2D eigenvalue weighted by Gasteiger charge is 2.10. The summed E-state index contributed by atoms with van der Waals surface area (Å²) in [5.74, 6) is -0.507. The molecule has 4 nitrogen and oxygen atoms in total. The molecule has 0 amide bonds. The lowest BCUT2D eigenvalue weighted by molar-refractivity contribution is 0.317. The molecule has 0 aliphatic heterocycles. The highest BCUT2D eigenvalue weighted by atomic mass is 19.1. The summed E-state index contributed by atoms with van der Waals surface area (Å²) in [6, 6.07) is 6.02. The Labute approximate surface area is 78.4 Å². The van der Waals surface area contributed by atoms with Crippen LogP contribution in [0.3, 0.4) is 0 Å². The quantitative estimate of drug-likeness (QED) is 0.314. The topological polar surface area (TPSA) is 71.8 Å². The Balaban J connectivity index is 2.68. The van der Waals surface area contributed by atoms with Crippen LogP contribution in [-0.2, 0) is 0 Å². The van der Waals surface area contributed by atoms with Crippen LogP contribution in [0.15, 0.2) is 33.8 Å². The molecule has 0 aliphatic rings. The van der Waals surface area contributed by atoms with E-state index < -0.39 is 5.82 Å². The van der Waals surface area contributed by atoms with E-state index in [0.29, 0.717) is 5.39 Å². The molecule has 1 aromatic carbocycles. The Hall–Kier alpha value is -2.04. The van der Waals surface area contributed by atoms with Gasteiger partial charge in [-0.1, -0.05) is 17.3 Å². The van der Waals surface area contributed by atoms with Gasteiger partial charge in [-0.3, -0.25) is 0 Å². The Bertz CT molecular complexity index is 504. The average molecular weight is 194 g/mol. The average Bonchev–Trinajstić information content (AvgIpc) is 2.62. The van der Waals surface area contributed by atoms with Crippen molar-refractivity contribution >= 4 is 16.8 Å². The number of furan rings is 1. The van der Waals surface area contributed by atoms with Gasteiger partial charge in [0.15, 0.2) is 17.2 Å². The Kier molecular flexibility index (Phi) is 1.85. The van der Waals surface area contributed by atoms with Gasteiger partial charge in [-0.15, -0.1) is 0 Å². The third-order valence-electron chi connectivity index (χ3n) is 1.86. The minimum Gasteiger partial charge on any atom is -0.450 e. The van der Waals surface area contributed by atoms with Crippen molar-refractivity contribution in [1.82, 2.24) is 0 Å². The Morgan fingerprint density at radius 2 is 2.29 bits per heavy atom. The van der Waals surface area contributed by atoms with Crippen molar-refractivity contribution < 1.29 is 14.0 Å². The van der Waals surface area contributed by atoms with Crippen LogP contribution in [0.25, 0.3) is 11.0 Å². The van der Waals surface area contributed by atoms with Gasteiger partial charge in [0.2, 0.25) is 5.84 Å². The van der Waals surface area contributed by atoms with E-state index >= 15 is 0 Å². The number of benzene rings is 1. The highest BCUT2D eigenvalue weighted by molar-refractivity contribution is 5.98. The maximum atomic E-state index is 13.1. The van der Waals surface area contributed by atoms with Crippen LogP contribution in [-0.4, -0.2) is 11.0 Å². The number of nitrogens with two attached hydrogens (primary N) is 1. The summed E-state index contributed by atoms with van der Waals surface area (Å²) in [6.07, 6.45) is 0. The minimum absolute atomic E-state index is 0.106. The van der Waals surface area contributed by atoms with Gasteiger partial charge in [-0.2, -0.15) is 0 Å². The SMILES string of the molecule is N/C(=N\O)c1cc2cccc(F)c2o1. The molecule has 0 unspecified atom stereocenters. The molecular formula is C9H7FN2O2. The molecule has 2 aromatic rings. The summed E-state index contributed by atoms with van der Waals surface area (Å²) in [6.45, 7) is 0. The number of hydrogen-bond donors (Lipinski definition) is 2.